The van der Waals surface area contributed by atoms with E-state index in [1.807, 2.05) is 12.1 Å². The molecule has 0 N–H and O–H groups in total. The van der Waals surface area contributed by atoms with Crippen molar-refractivity contribution in [3.63, 3.8) is 0 Å². The Labute approximate surface area is 107 Å². The highest BCUT2D eigenvalue weighted by Gasteiger charge is 2.26. The minimum absolute atomic E-state index is 0.187. The molecule has 94 valence electrons. The zero-order chi connectivity index (χ0) is 12.3. The van der Waals surface area contributed by atoms with E-state index in [0.717, 1.165) is 18.4 Å². The molecule has 1 fully saturated rings. The van der Waals surface area contributed by atoms with Crippen LogP contribution in [0.5, 0.6) is 5.88 Å². The standard InChI is InChI=1S/C13H18ClNO2/c1-9-5-12(6-10(2)16-9)17-13-7-11(8-14)3-4-15-13/h3-4,7,9-10,12H,5-6,8H2,1-2H3. The first-order chi connectivity index (χ1) is 8.17. The number of halogens is 1. The van der Waals surface area contributed by atoms with Gasteiger partial charge in [-0.05, 0) is 25.5 Å². The van der Waals surface area contributed by atoms with Crippen molar-refractivity contribution >= 4 is 11.6 Å². The lowest BCUT2D eigenvalue weighted by molar-refractivity contribution is -0.0729. The summed E-state index contributed by atoms with van der Waals surface area (Å²) in [4.78, 5) is 4.21. The molecular formula is C13H18ClNO2. The molecular weight excluding hydrogens is 238 g/mol. The second-order valence-electron chi connectivity index (χ2n) is 4.60. The molecule has 0 bridgehead atoms. The Balaban J connectivity index is 1.99. The van der Waals surface area contributed by atoms with Gasteiger partial charge in [0.15, 0.2) is 0 Å². The highest BCUT2D eigenvalue weighted by molar-refractivity contribution is 6.17. The van der Waals surface area contributed by atoms with Crippen molar-refractivity contribution in [3.05, 3.63) is 23.9 Å². The molecule has 17 heavy (non-hydrogen) atoms. The highest BCUT2D eigenvalue weighted by atomic mass is 35.5. The fourth-order valence-corrected chi connectivity index (χ4v) is 2.38. The van der Waals surface area contributed by atoms with Crippen LogP contribution in [0.15, 0.2) is 18.3 Å². The maximum Gasteiger partial charge on any atom is 0.213 e. The van der Waals surface area contributed by atoms with E-state index < -0.39 is 0 Å². The number of ether oxygens (including phenoxy) is 2. The smallest absolute Gasteiger partial charge is 0.213 e. The molecule has 0 amide bonds. The summed E-state index contributed by atoms with van der Waals surface area (Å²) in [6.45, 7) is 4.16. The summed E-state index contributed by atoms with van der Waals surface area (Å²) in [6, 6.07) is 3.80. The molecule has 1 aromatic rings. The van der Waals surface area contributed by atoms with E-state index in [2.05, 4.69) is 18.8 Å². The van der Waals surface area contributed by atoms with E-state index in [9.17, 15) is 0 Å². The van der Waals surface area contributed by atoms with E-state index in [4.69, 9.17) is 21.1 Å². The minimum Gasteiger partial charge on any atom is -0.474 e. The van der Waals surface area contributed by atoms with Gasteiger partial charge in [0.2, 0.25) is 5.88 Å². The first-order valence-electron chi connectivity index (χ1n) is 6.00. The highest BCUT2D eigenvalue weighted by Crippen LogP contribution is 2.23. The number of rotatable bonds is 3. The van der Waals surface area contributed by atoms with E-state index in [1.54, 1.807) is 6.20 Å². The van der Waals surface area contributed by atoms with Crippen molar-refractivity contribution in [1.82, 2.24) is 4.98 Å². The van der Waals surface area contributed by atoms with E-state index in [1.165, 1.54) is 0 Å². The Kier molecular flexibility index (Phi) is 4.24. The van der Waals surface area contributed by atoms with Crippen LogP contribution >= 0.6 is 11.6 Å². The molecule has 2 rings (SSSR count). The number of nitrogens with zero attached hydrogens (tertiary/aromatic N) is 1. The summed E-state index contributed by atoms with van der Waals surface area (Å²) in [5.41, 5.74) is 1.03. The molecule has 1 aromatic heterocycles. The predicted molar refractivity (Wildman–Crippen MR) is 67.5 cm³/mol. The second kappa shape index (κ2) is 5.69. The van der Waals surface area contributed by atoms with Crippen LogP contribution in [-0.2, 0) is 10.6 Å². The number of aromatic nitrogens is 1. The van der Waals surface area contributed by atoms with E-state index in [-0.39, 0.29) is 18.3 Å². The van der Waals surface area contributed by atoms with Gasteiger partial charge in [-0.15, -0.1) is 11.6 Å². The third-order valence-corrected chi connectivity index (χ3v) is 3.20. The maximum atomic E-state index is 5.89. The molecule has 4 heteroatoms. The summed E-state index contributed by atoms with van der Waals surface area (Å²) in [6.07, 6.45) is 4.25. The third-order valence-electron chi connectivity index (χ3n) is 2.90. The predicted octanol–water partition coefficient (Wildman–Crippen LogP) is 3.16. The first kappa shape index (κ1) is 12.7. The van der Waals surface area contributed by atoms with E-state index in [0.29, 0.717) is 11.8 Å². The maximum absolute atomic E-state index is 5.89. The molecule has 1 aliphatic heterocycles. The van der Waals surface area contributed by atoms with Gasteiger partial charge in [0.05, 0.1) is 12.2 Å². The molecule has 1 saturated heterocycles. The van der Waals surface area contributed by atoms with Gasteiger partial charge in [-0.1, -0.05) is 0 Å². The third kappa shape index (κ3) is 3.58. The van der Waals surface area contributed by atoms with Gasteiger partial charge < -0.3 is 9.47 Å². The lowest BCUT2D eigenvalue weighted by atomic mass is 10.0. The zero-order valence-corrected chi connectivity index (χ0v) is 11.0. The largest absolute Gasteiger partial charge is 0.474 e. The Morgan fingerprint density at radius 3 is 2.76 bits per heavy atom. The van der Waals surface area contributed by atoms with Crippen LogP contribution in [0, 0.1) is 0 Å². The number of alkyl halides is 1. The van der Waals surface area contributed by atoms with Crippen molar-refractivity contribution in [2.75, 3.05) is 0 Å². The van der Waals surface area contributed by atoms with Crippen molar-refractivity contribution in [1.29, 1.82) is 0 Å². The fourth-order valence-electron chi connectivity index (χ4n) is 2.21. The van der Waals surface area contributed by atoms with Crippen LogP contribution < -0.4 is 4.74 Å². The summed E-state index contributed by atoms with van der Waals surface area (Å²) in [5.74, 6) is 1.15. The quantitative estimate of drug-likeness (QED) is 0.778. The van der Waals surface area contributed by atoms with Crippen molar-refractivity contribution in [2.24, 2.45) is 0 Å². The Morgan fingerprint density at radius 2 is 2.12 bits per heavy atom. The summed E-state index contributed by atoms with van der Waals surface area (Å²) in [5, 5.41) is 0. The van der Waals surface area contributed by atoms with Gasteiger partial charge >= 0.3 is 0 Å². The first-order valence-corrected chi connectivity index (χ1v) is 6.54. The Hall–Kier alpha value is -0.800. The molecule has 2 heterocycles. The molecule has 2 unspecified atom stereocenters. The molecule has 0 aliphatic carbocycles. The SMILES string of the molecule is CC1CC(Oc2cc(CCl)ccn2)CC(C)O1. The zero-order valence-electron chi connectivity index (χ0n) is 10.2. The van der Waals surface area contributed by atoms with Crippen molar-refractivity contribution in [3.8, 4) is 5.88 Å². The normalized spacial score (nSPS) is 29.0. The molecule has 1 aliphatic rings. The van der Waals surface area contributed by atoms with Gasteiger partial charge in [0, 0.05) is 31.0 Å². The van der Waals surface area contributed by atoms with Crippen molar-refractivity contribution in [2.45, 2.75) is 50.9 Å². The summed E-state index contributed by atoms with van der Waals surface area (Å²) < 4.78 is 11.6. The number of pyridine rings is 1. The Morgan fingerprint density at radius 1 is 1.41 bits per heavy atom. The Bertz CT molecular complexity index is 362. The molecule has 2 atom stereocenters. The molecule has 0 radical (unpaired) electrons. The monoisotopic (exact) mass is 255 g/mol. The average molecular weight is 256 g/mol. The minimum atomic E-state index is 0.187. The van der Waals surface area contributed by atoms with Crippen LogP contribution in [0.3, 0.4) is 0 Å². The van der Waals surface area contributed by atoms with Crippen LogP contribution in [0.2, 0.25) is 0 Å². The van der Waals surface area contributed by atoms with Gasteiger partial charge in [-0.3, -0.25) is 0 Å². The average Bonchev–Trinajstić information content (AvgIpc) is 2.28. The van der Waals surface area contributed by atoms with E-state index >= 15 is 0 Å². The molecule has 0 saturated carbocycles. The van der Waals surface area contributed by atoms with Gasteiger partial charge in [0.1, 0.15) is 6.10 Å². The number of hydrogen-bond donors (Lipinski definition) is 0. The second-order valence-corrected chi connectivity index (χ2v) is 4.87. The van der Waals surface area contributed by atoms with Gasteiger partial charge in [0.25, 0.3) is 0 Å². The lowest BCUT2D eigenvalue weighted by Crippen LogP contribution is -2.35. The van der Waals surface area contributed by atoms with Gasteiger partial charge in [-0.25, -0.2) is 4.98 Å². The van der Waals surface area contributed by atoms with Crippen LogP contribution in [-0.4, -0.2) is 23.3 Å². The van der Waals surface area contributed by atoms with Crippen LogP contribution in [0.25, 0.3) is 0 Å². The molecule has 3 nitrogen and oxygen atoms in total. The lowest BCUT2D eigenvalue weighted by Gasteiger charge is -2.31. The fraction of sp³-hybridized carbons (Fsp3) is 0.615. The van der Waals surface area contributed by atoms with Crippen molar-refractivity contribution < 1.29 is 9.47 Å². The molecule has 0 spiro atoms. The van der Waals surface area contributed by atoms with Crippen LogP contribution in [0.1, 0.15) is 32.3 Å². The topological polar surface area (TPSA) is 31.4 Å². The molecule has 0 aromatic carbocycles. The van der Waals surface area contributed by atoms with Crippen LogP contribution in [0.4, 0.5) is 0 Å². The summed E-state index contributed by atoms with van der Waals surface area (Å²) in [7, 11) is 0. The van der Waals surface area contributed by atoms with Gasteiger partial charge in [-0.2, -0.15) is 0 Å². The summed E-state index contributed by atoms with van der Waals surface area (Å²) >= 11 is 5.78. The number of hydrogen-bond acceptors (Lipinski definition) is 3.